The van der Waals surface area contributed by atoms with Crippen molar-refractivity contribution >= 4 is 63.5 Å². The maximum atomic E-state index is 12.3. The lowest BCUT2D eigenvalue weighted by Crippen LogP contribution is -2.45. The number of nitrogens with zero attached hydrogens (tertiary/aromatic N) is 6. The number of anilines is 2. The Kier molecular flexibility index (Phi) is 14.2. The van der Waals surface area contributed by atoms with Gasteiger partial charge in [0.25, 0.3) is 23.6 Å². The Balaban J connectivity index is 0.000000160. The fourth-order valence-electron chi connectivity index (χ4n) is 12.9. The summed E-state index contributed by atoms with van der Waals surface area (Å²) in [6.45, 7) is 3.59. The van der Waals surface area contributed by atoms with E-state index in [2.05, 4.69) is 58.0 Å². The lowest BCUT2D eigenvalue weighted by Gasteiger charge is -2.39. The van der Waals surface area contributed by atoms with Crippen molar-refractivity contribution in [1.82, 2.24) is 19.3 Å². The van der Waals surface area contributed by atoms with Crippen LogP contribution in [-0.4, -0.2) is 113 Å². The molecule has 0 atom stereocenters. The van der Waals surface area contributed by atoms with E-state index < -0.39 is 48.8 Å². The van der Waals surface area contributed by atoms with E-state index in [1.807, 2.05) is 74.1 Å². The number of carbonyl (C=O) groups is 6. The van der Waals surface area contributed by atoms with Crippen LogP contribution in [0, 0.1) is 0 Å². The zero-order chi connectivity index (χ0) is 57.9. The van der Waals surface area contributed by atoms with Gasteiger partial charge in [-0.2, -0.15) is 0 Å². The topological polar surface area (TPSA) is 181 Å². The van der Waals surface area contributed by atoms with Crippen LogP contribution in [0.4, 0.5) is 11.4 Å². The van der Waals surface area contributed by atoms with Gasteiger partial charge in [0.15, 0.2) is 13.2 Å². The van der Waals surface area contributed by atoms with Crippen molar-refractivity contribution in [2.24, 2.45) is 0 Å². The third kappa shape index (κ3) is 10.1. The molecule has 0 bridgehead atoms. The zero-order valence-corrected chi connectivity index (χ0v) is 47.5. The van der Waals surface area contributed by atoms with Gasteiger partial charge in [0.05, 0.1) is 11.6 Å². The quantitative estimate of drug-likeness (QED) is 0.0789. The first kappa shape index (κ1) is 54.0. The highest BCUT2D eigenvalue weighted by Gasteiger charge is 2.37. The molecule has 0 aromatic heterocycles. The van der Waals surface area contributed by atoms with E-state index in [1.54, 1.807) is 12.1 Å². The smallest absolute Gasteiger partial charge is 0.370 e. The van der Waals surface area contributed by atoms with Gasteiger partial charge in [-0.15, -0.1) is 10.1 Å². The number of benzene rings is 6. The van der Waals surface area contributed by atoms with Crippen LogP contribution in [0.15, 0.2) is 101 Å². The fraction of sp³-hybridized carbons (Fsp3) is 0.333. The van der Waals surface area contributed by atoms with Crippen molar-refractivity contribution in [3.63, 3.8) is 0 Å². The summed E-state index contributed by atoms with van der Waals surface area (Å²) in [4.78, 5) is 85.7. The van der Waals surface area contributed by atoms with Crippen LogP contribution in [0.25, 0.3) is 39.0 Å². The standard InChI is InChI=1S/C37H36N3O6.C29H28N3O6/c41-30-13-14-31(42)40(30)46-32(43)21-44-25-11-9-22(10-12-25)33-28-19-23-5-1-15-38-17-3-7-26(34(23)38)36(28)45-37-27-8-4-18-39-16-2-6-24(35(27)39)20-29(33)37;1-30(2)19-7-11-22-24(15-19)37-25-16-20(31(3)4)8-12-23(25)29(22)18-5-9-21(10-6-18)36-17-28(35)38-32-26(33)13-14-27(32)34/h9-12,19-20H,1-8,13-18,21H2;5-12,15-16H,13-14,17H2,1-4H3/q2*+1. The van der Waals surface area contributed by atoms with E-state index in [4.69, 9.17) is 28.3 Å². The van der Waals surface area contributed by atoms with Crippen LogP contribution in [-0.2, 0) is 64.1 Å². The number of rotatable bonds is 11. The molecule has 84 heavy (non-hydrogen) atoms. The lowest BCUT2D eigenvalue weighted by atomic mass is 9.82. The summed E-state index contributed by atoms with van der Waals surface area (Å²) < 4.78 is 29.4. The molecule has 0 saturated carbocycles. The molecule has 5 aromatic rings. The average molecular weight is 1130 g/mol. The van der Waals surface area contributed by atoms with Gasteiger partial charge in [-0.3, -0.25) is 19.2 Å². The molecule has 8 aliphatic heterocycles. The summed E-state index contributed by atoms with van der Waals surface area (Å²) in [6.07, 6.45) is 8.98. The molecule has 0 radical (unpaired) electrons. The van der Waals surface area contributed by atoms with E-state index in [0.717, 1.165) is 137 Å². The zero-order valence-electron chi connectivity index (χ0n) is 47.5. The van der Waals surface area contributed by atoms with E-state index >= 15 is 0 Å². The second-order valence-electron chi connectivity index (χ2n) is 22.7. The van der Waals surface area contributed by atoms with Crippen molar-refractivity contribution in [3.8, 4) is 45.4 Å². The van der Waals surface area contributed by atoms with Crippen LogP contribution in [0.3, 0.4) is 0 Å². The Morgan fingerprint density at radius 3 is 1.83 bits per heavy atom. The lowest BCUT2D eigenvalue weighted by molar-refractivity contribution is -0.198. The summed E-state index contributed by atoms with van der Waals surface area (Å²) in [5.74, 6) is 0.0489. The number of hydrogen-bond acceptors (Lipinski definition) is 14. The van der Waals surface area contributed by atoms with Gasteiger partial charge in [-0.1, -0.05) is 24.3 Å². The van der Waals surface area contributed by atoms with Crippen molar-refractivity contribution in [1.29, 1.82) is 0 Å². The molecule has 18 nitrogen and oxygen atoms in total. The first-order valence-electron chi connectivity index (χ1n) is 29.0. The van der Waals surface area contributed by atoms with Gasteiger partial charge in [-0.05, 0) is 110 Å². The second-order valence-corrected chi connectivity index (χ2v) is 22.7. The van der Waals surface area contributed by atoms with Crippen molar-refractivity contribution in [3.05, 3.63) is 146 Å². The van der Waals surface area contributed by atoms with Gasteiger partial charge in [0, 0.05) is 133 Å². The molecule has 14 rings (SSSR count). The van der Waals surface area contributed by atoms with Crippen LogP contribution in [0.1, 0.15) is 84.7 Å². The van der Waals surface area contributed by atoms with E-state index in [0.29, 0.717) is 21.6 Å². The fourth-order valence-corrected chi connectivity index (χ4v) is 12.9. The predicted octanol–water partition coefficient (Wildman–Crippen LogP) is 6.40. The summed E-state index contributed by atoms with van der Waals surface area (Å²) >= 11 is 0. The SMILES string of the molecule is CN(C)c1ccc2c(-c3ccc(OCC(=O)ON4C(=O)CCC4=O)cc3)c3ccc(=[N+](C)C)cc-3oc2c1.O=C(COc1ccc(C2=c3cc4c5c(c3Oc3c2cc2c6c3CCCN6CCC2)CCC[N+]=5CCC4)cc1)ON1C(=O)CCC1=O. The third-order valence-electron chi connectivity index (χ3n) is 16.8. The molecule has 8 heterocycles. The molecular formula is C66H64N6O12+2. The molecule has 0 spiro atoms. The highest BCUT2D eigenvalue weighted by Crippen LogP contribution is 2.49. The number of fused-ring (bicyclic) bond motifs is 6. The first-order chi connectivity index (χ1) is 40.7. The van der Waals surface area contributed by atoms with Crippen molar-refractivity contribution in [2.45, 2.75) is 77.0 Å². The minimum Gasteiger partial charge on any atom is -0.482 e. The highest BCUT2D eigenvalue weighted by atomic mass is 16.7. The van der Waals surface area contributed by atoms with Gasteiger partial charge in [-0.25, -0.2) is 18.7 Å². The van der Waals surface area contributed by atoms with Crippen LogP contribution in [0.5, 0.6) is 23.0 Å². The Morgan fingerprint density at radius 2 is 1.20 bits per heavy atom. The molecule has 9 aliphatic rings. The molecule has 2 saturated heterocycles. The monoisotopic (exact) mass is 1130 g/mol. The number of imide groups is 2. The highest BCUT2D eigenvalue weighted by molar-refractivity contribution is 6.04. The number of aryl methyl sites for hydroxylation is 2. The molecule has 4 amide bonds. The largest absolute Gasteiger partial charge is 0.482 e. The van der Waals surface area contributed by atoms with Gasteiger partial charge in [0.1, 0.15) is 61.5 Å². The Labute approximate surface area is 484 Å². The number of hydroxylamine groups is 4. The maximum Gasteiger partial charge on any atom is 0.370 e. The number of carbonyl (C=O) groups excluding carboxylic acids is 6. The van der Waals surface area contributed by atoms with Gasteiger partial charge < -0.3 is 38.1 Å². The minimum atomic E-state index is -0.826. The third-order valence-corrected chi connectivity index (χ3v) is 16.8. The first-order valence-corrected chi connectivity index (χ1v) is 29.0. The van der Waals surface area contributed by atoms with E-state index in [-0.39, 0.29) is 25.7 Å². The number of ether oxygens (including phenoxy) is 3. The van der Waals surface area contributed by atoms with Crippen LogP contribution in [0.2, 0.25) is 0 Å². The molecule has 0 N–H and O–H groups in total. The van der Waals surface area contributed by atoms with E-state index in [9.17, 15) is 28.8 Å². The van der Waals surface area contributed by atoms with Gasteiger partial charge in [0.2, 0.25) is 10.7 Å². The molecule has 2 fully saturated rings. The van der Waals surface area contributed by atoms with Crippen LogP contribution < -0.4 is 49.1 Å². The molecular weight excluding hydrogens is 1070 g/mol. The summed E-state index contributed by atoms with van der Waals surface area (Å²) in [5, 5.41) is 5.62. The predicted molar refractivity (Wildman–Crippen MR) is 312 cm³/mol. The summed E-state index contributed by atoms with van der Waals surface area (Å²) in [6, 6.07) is 32.3. The molecule has 18 heteroatoms. The molecule has 0 unspecified atom stereocenters. The number of hydrogen-bond donors (Lipinski definition) is 0. The summed E-state index contributed by atoms with van der Waals surface area (Å²) in [7, 11) is 7.95. The molecule has 1 aliphatic carbocycles. The van der Waals surface area contributed by atoms with Gasteiger partial charge >= 0.3 is 11.9 Å². The normalized spacial score (nSPS) is 16.5. The maximum absolute atomic E-state index is 12.3. The van der Waals surface area contributed by atoms with E-state index in [1.165, 1.54) is 51.7 Å². The Hall–Kier alpha value is -9.32. The summed E-state index contributed by atoms with van der Waals surface area (Å²) in [5.41, 5.74) is 15.1. The van der Waals surface area contributed by atoms with Crippen molar-refractivity contribution < 1.29 is 57.1 Å². The van der Waals surface area contributed by atoms with Crippen molar-refractivity contribution in [2.75, 3.05) is 77.4 Å². The average Bonchev–Trinajstić information content (AvgIpc) is 3.31. The molecule has 5 aromatic carbocycles. The number of amides is 4. The van der Waals surface area contributed by atoms with Crippen LogP contribution >= 0.6 is 0 Å². The Bertz CT molecular complexity index is 4070. The second kappa shape index (κ2) is 22.1. The minimum absolute atomic E-state index is 0.0392. The Morgan fingerprint density at radius 1 is 0.607 bits per heavy atom. The molecule has 428 valence electrons.